The minimum Gasteiger partial charge on any atom is -0.355 e. The molecule has 3 N–H and O–H groups in total. The molecule has 5 aromatic rings. The van der Waals surface area contributed by atoms with E-state index in [4.69, 9.17) is 17.3 Å². The minimum absolute atomic E-state index is 0.107. The van der Waals surface area contributed by atoms with Gasteiger partial charge in [-0.2, -0.15) is 0 Å². The third kappa shape index (κ3) is 4.83. The van der Waals surface area contributed by atoms with Crippen LogP contribution in [0.25, 0.3) is 21.7 Å². The van der Waals surface area contributed by atoms with Crippen molar-refractivity contribution in [2.45, 2.75) is 6.42 Å². The number of aromatic nitrogens is 1. The number of rotatable bonds is 7. The average Bonchev–Trinajstić information content (AvgIpc) is 2.89. The molecule has 0 spiro atoms. The van der Waals surface area contributed by atoms with Crippen LogP contribution in [0.15, 0.2) is 97.2 Å². The third-order valence-corrected chi connectivity index (χ3v) is 6.22. The molecule has 0 aliphatic heterocycles. The van der Waals surface area contributed by atoms with E-state index in [1.54, 1.807) is 17.2 Å². The number of nitrogens with two attached hydrogens (primary N) is 1. The van der Waals surface area contributed by atoms with Gasteiger partial charge in [0.1, 0.15) is 0 Å². The summed E-state index contributed by atoms with van der Waals surface area (Å²) in [7, 11) is 0. The summed E-state index contributed by atoms with van der Waals surface area (Å²) in [5.74, 6) is -0.107. The normalized spacial score (nSPS) is 11.0. The van der Waals surface area contributed by atoms with Crippen LogP contribution in [0.4, 0.5) is 17.1 Å². The Morgan fingerprint density at radius 2 is 1.71 bits per heavy atom. The fraction of sp³-hybridized carbons (Fsp3) is 0.103. The molecule has 1 aromatic heterocycles. The second-order valence-corrected chi connectivity index (χ2v) is 8.76. The summed E-state index contributed by atoms with van der Waals surface area (Å²) in [5, 5.41) is 7.22. The summed E-state index contributed by atoms with van der Waals surface area (Å²) < 4.78 is 0. The number of carbonyl (C=O) groups excluding carboxylic acids is 1. The van der Waals surface area contributed by atoms with Crippen molar-refractivity contribution in [2.24, 2.45) is 5.73 Å². The first kappa shape index (κ1) is 22.8. The van der Waals surface area contributed by atoms with E-state index in [0.29, 0.717) is 30.1 Å². The number of para-hydroxylation sites is 1. The molecule has 0 bridgehead atoms. The number of carbonyl (C=O) groups is 1. The molecule has 1 amide bonds. The lowest BCUT2D eigenvalue weighted by Crippen LogP contribution is -2.33. The Labute approximate surface area is 209 Å². The largest absolute Gasteiger partial charge is 0.355 e. The first-order chi connectivity index (χ1) is 17.1. The highest BCUT2D eigenvalue weighted by Crippen LogP contribution is 2.31. The standard InChI is InChI=1S/C29H25ClN4O/c30-22-11-13-24-27(19-22)32-16-14-28(24)34(17-5-15-31)29(35)25-8-3-4-9-26(25)33-23-12-10-20-6-1-2-7-21(20)18-23/h1-4,6-14,16,18-19,33H,5,15,17,31H2. The van der Waals surface area contributed by atoms with Gasteiger partial charge in [-0.3, -0.25) is 9.78 Å². The molecule has 35 heavy (non-hydrogen) atoms. The molecule has 6 heteroatoms. The molecule has 5 nitrogen and oxygen atoms in total. The monoisotopic (exact) mass is 480 g/mol. The molecule has 0 aliphatic rings. The maximum atomic E-state index is 14.0. The van der Waals surface area contributed by atoms with Crippen LogP contribution < -0.4 is 16.0 Å². The van der Waals surface area contributed by atoms with Crippen LogP contribution in [-0.4, -0.2) is 24.0 Å². The van der Waals surface area contributed by atoms with Crippen molar-refractivity contribution in [2.75, 3.05) is 23.3 Å². The SMILES string of the molecule is NCCCN(C(=O)c1ccccc1Nc1ccc2ccccc2c1)c1ccnc2cc(Cl)ccc12. The number of nitrogens with zero attached hydrogens (tertiary/aromatic N) is 2. The van der Waals surface area contributed by atoms with E-state index >= 15 is 0 Å². The van der Waals surface area contributed by atoms with Crippen molar-refractivity contribution in [3.05, 3.63) is 108 Å². The maximum Gasteiger partial charge on any atom is 0.260 e. The number of fused-ring (bicyclic) bond motifs is 2. The predicted octanol–water partition coefficient (Wildman–Crippen LogP) is 6.78. The first-order valence-electron chi connectivity index (χ1n) is 11.5. The fourth-order valence-electron chi connectivity index (χ4n) is 4.27. The van der Waals surface area contributed by atoms with Crippen LogP contribution in [0.1, 0.15) is 16.8 Å². The summed E-state index contributed by atoms with van der Waals surface area (Å²) in [6.07, 6.45) is 2.37. The van der Waals surface area contributed by atoms with Gasteiger partial charge in [-0.25, -0.2) is 0 Å². The molecule has 0 radical (unpaired) electrons. The van der Waals surface area contributed by atoms with E-state index in [1.165, 1.54) is 5.39 Å². The third-order valence-electron chi connectivity index (χ3n) is 5.99. The van der Waals surface area contributed by atoms with Crippen molar-refractivity contribution < 1.29 is 4.79 Å². The maximum absolute atomic E-state index is 14.0. The quantitative estimate of drug-likeness (QED) is 0.269. The number of pyridine rings is 1. The van der Waals surface area contributed by atoms with Gasteiger partial charge in [-0.15, -0.1) is 0 Å². The van der Waals surface area contributed by atoms with Gasteiger partial charge in [0, 0.05) is 28.8 Å². The Bertz CT molecular complexity index is 1520. The summed E-state index contributed by atoms with van der Waals surface area (Å²) in [6.45, 7) is 0.969. The van der Waals surface area contributed by atoms with Gasteiger partial charge in [0.15, 0.2) is 0 Å². The van der Waals surface area contributed by atoms with Crippen LogP contribution >= 0.6 is 11.6 Å². The van der Waals surface area contributed by atoms with Crippen LogP contribution in [0.5, 0.6) is 0 Å². The number of hydrogen-bond donors (Lipinski definition) is 2. The zero-order valence-electron chi connectivity index (χ0n) is 19.1. The molecular weight excluding hydrogens is 456 g/mol. The number of anilines is 3. The molecule has 0 aliphatic carbocycles. The number of hydrogen-bond acceptors (Lipinski definition) is 4. The molecule has 1 heterocycles. The highest BCUT2D eigenvalue weighted by Gasteiger charge is 2.22. The van der Waals surface area contributed by atoms with Gasteiger partial charge in [-0.05, 0) is 72.3 Å². The van der Waals surface area contributed by atoms with Crippen LogP contribution in [0, 0.1) is 0 Å². The fourth-order valence-corrected chi connectivity index (χ4v) is 4.44. The molecule has 0 unspecified atom stereocenters. The molecule has 0 saturated carbocycles. The molecule has 0 fully saturated rings. The Balaban J connectivity index is 1.53. The van der Waals surface area contributed by atoms with Crippen molar-refractivity contribution in [3.63, 3.8) is 0 Å². The van der Waals surface area contributed by atoms with Crippen molar-refractivity contribution in [3.8, 4) is 0 Å². The summed E-state index contributed by atoms with van der Waals surface area (Å²) >= 11 is 6.18. The number of nitrogens with one attached hydrogen (secondary N) is 1. The average molecular weight is 481 g/mol. The van der Waals surface area contributed by atoms with Gasteiger partial charge in [0.25, 0.3) is 5.91 Å². The molecule has 4 aromatic carbocycles. The van der Waals surface area contributed by atoms with Gasteiger partial charge in [-0.1, -0.05) is 54.1 Å². The van der Waals surface area contributed by atoms with Gasteiger partial charge in [0.2, 0.25) is 0 Å². The number of amides is 1. The number of benzene rings is 4. The van der Waals surface area contributed by atoms with E-state index in [2.05, 4.69) is 34.6 Å². The van der Waals surface area contributed by atoms with E-state index in [1.807, 2.05) is 60.7 Å². The van der Waals surface area contributed by atoms with Gasteiger partial charge >= 0.3 is 0 Å². The van der Waals surface area contributed by atoms with E-state index < -0.39 is 0 Å². The van der Waals surface area contributed by atoms with Crippen molar-refractivity contribution in [1.82, 2.24) is 4.98 Å². The zero-order valence-corrected chi connectivity index (χ0v) is 19.9. The van der Waals surface area contributed by atoms with Crippen molar-refractivity contribution >= 4 is 56.2 Å². The van der Waals surface area contributed by atoms with Crippen LogP contribution in [0.2, 0.25) is 5.02 Å². The lowest BCUT2D eigenvalue weighted by molar-refractivity contribution is 0.0988. The van der Waals surface area contributed by atoms with Crippen LogP contribution in [0.3, 0.4) is 0 Å². The molecule has 5 rings (SSSR count). The lowest BCUT2D eigenvalue weighted by Gasteiger charge is -2.25. The Morgan fingerprint density at radius 1 is 0.914 bits per heavy atom. The van der Waals surface area contributed by atoms with E-state index in [0.717, 1.165) is 33.4 Å². The van der Waals surface area contributed by atoms with E-state index in [9.17, 15) is 4.79 Å². The molecule has 174 valence electrons. The Kier molecular flexibility index (Phi) is 6.62. The number of halogens is 1. The summed E-state index contributed by atoms with van der Waals surface area (Å²) in [6, 6.07) is 29.4. The zero-order chi connectivity index (χ0) is 24.2. The highest BCUT2D eigenvalue weighted by atomic mass is 35.5. The second kappa shape index (κ2) is 10.1. The second-order valence-electron chi connectivity index (χ2n) is 8.32. The Morgan fingerprint density at radius 3 is 2.57 bits per heavy atom. The van der Waals surface area contributed by atoms with E-state index in [-0.39, 0.29) is 5.91 Å². The lowest BCUT2D eigenvalue weighted by atomic mass is 10.1. The van der Waals surface area contributed by atoms with Crippen molar-refractivity contribution in [1.29, 1.82) is 0 Å². The molecule has 0 atom stereocenters. The van der Waals surface area contributed by atoms with Gasteiger partial charge < -0.3 is 16.0 Å². The summed E-state index contributed by atoms with van der Waals surface area (Å²) in [5.41, 5.74) is 9.59. The summed E-state index contributed by atoms with van der Waals surface area (Å²) in [4.78, 5) is 20.2. The van der Waals surface area contributed by atoms with Crippen LogP contribution in [-0.2, 0) is 0 Å². The topological polar surface area (TPSA) is 71.2 Å². The minimum atomic E-state index is -0.107. The molecular formula is C29H25ClN4O. The smallest absolute Gasteiger partial charge is 0.260 e. The predicted molar refractivity (Wildman–Crippen MR) is 146 cm³/mol. The molecule has 0 saturated heterocycles. The Hall–Kier alpha value is -3.93. The van der Waals surface area contributed by atoms with Gasteiger partial charge in [0.05, 0.1) is 22.5 Å². The first-order valence-corrected chi connectivity index (χ1v) is 11.9. The highest BCUT2D eigenvalue weighted by molar-refractivity contribution is 6.31.